The summed E-state index contributed by atoms with van der Waals surface area (Å²) in [5, 5.41) is 19.2. The number of carboxylic acid groups (broad SMARTS) is 2. The van der Waals surface area contributed by atoms with Crippen LogP contribution in [-0.4, -0.2) is 33.6 Å². The summed E-state index contributed by atoms with van der Waals surface area (Å²) in [6.45, 7) is 1.01. The van der Waals surface area contributed by atoms with Crippen LogP contribution in [0.1, 0.15) is 13.3 Å². The average molecular weight is 199 g/mol. The Labute approximate surface area is 79.9 Å². The van der Waals surface area contributed by atoms with Crippen molar-refractivity contribution in [3.8, 4) is 12.3 Å². The lowest BCUT2D eigenvalue weighted by Gasteiger charge is -2.22. The maximum atomic E-state index is 10.7. The largest absolute Gasteiger partial charge is 0.479 e. The SMILES string of the molecule is C#CCC(NC(C)=O)(C(=O)O)C(=O)O. The first-order valence-corrected chi connectivity index (χ1v) is 3.56. The Bertz CT molecular complexity index is 300. The van der Waals surface area contributed by atoms with Gasteiger partial charge in [-0.05, 0) is 0 Å². The summed E-state index contributed by atoms with van der Waals surface area (Å²) in [5.41, 5.74) is -2.43. The van der Waals surface area contributed by atoms with Gasteiger partial charge >= 0.3 is 11.9 Å². The van der Waals surface area contributed by atoms with Crippen LogP contribution in [0.15, 0.2) is 0 Å². The van der Waals surface area contributed by atoms with Gasteiger partial charge in [0.15, 0.2) is 0 Å². The third-order valence-corrected chi connectivity index (χ3v) is 1.49. The molecular weight excluding hydrogens is 190 g/mol. The van der Waals surface area contributed by atoms with Gasteiger partial charge in [-0.1, -0.05) is 0 Å². The van der Waals surface area contributed by atoms with Crippen molar-refractivity contribution in [2.75, 3.05) is 0 Å². The molecule has 6 heteroatoms. The van der Waals surface area contributed by atoms with E-state index in [2.05, 4.69) is 0 Å². The van der Waals surface area contributed by atoms with Crippen molar-refractivity contribution in [3.63, 3.8) is 0 Å². The molecule has 0 radical (unpaired) electrons. The second-order valence-corrected chi connectivity index (χ2v) is 2.58. The quantitative estimate of drug-likeness (QED) is 0.400. The lowest BCUT2D eigenvalue weighted by molar-refractivity contribution is -0.160. The first-order chi connectivity index (χ1) is 6.36. The van der Waals surface area contributed by atoms with Crippen molar-refractivity contribution in [1.82, 2.24) is 5.32 Å². The molecule has 0 aliphatic heterocycles. The molecule has 76 valence electrons. The highest BCUT2D eigenvalue weighted by atomic mass is 16.4. The van der Waals surface area contributed by atoms with Crippen LogP contribution in [0.5, 0.6) is 0 Å². The number of carboxylic acids is 2. The van der Waals surface area contributed by atoms with E-state index in [1.165, 1.54) is 0 Å². The molecule has 0 unspecified atom stereocenters. The van der Waals surface area contributed by atoms with Gasteiger partial charge in [-0.3, -0.25) is 4.79 Å². The molecule has 0 spiro atoms. The van der Waals surface area contributed by atoms with E-state index in [4.69, 9.17) is 16.6 Å². The summed E-state index contributed by atoms with van der Waals surface area (Å²) < 4.78 is 0. The summed E-state index contributed by atoms with van der Waals surface area (Å²) >= 11 is 0. The zero-order chi connectivity index (χ0) is 11.4. The zero-order valence-corrected chi connectivity index (χ0v) is 7.40. The maximum Gasteiger partial charge on any atom is 0.342 e. The number of hydrogen-bond acceptors (Lipinski definition) is 3. The van der Waals surface area contributed by atoms with E-state index in [9.17, 15) is 14.4 Å². The number of hydrogen-bond donors (Lipinski definition) is 3. The molecule has 0 aromatic carbocycles. The topological polar surface area (TPSA) is 104 Å². The van der Waals surface area contributed by atoms with Gasteiger partial charge in [0, 0.05) is 6.92 Å². The van der Waals surface area contributed by atoms with Crippen molar-refractivity contribution in [2.24, 2.45) is 0 Å². The van der Waals surface area contributed by atoms with Crippen LogP contribution >= 0.6 is 0 Å². The van der Waals surface area contributed by atoms with Crippen molar-refractivity contribution in [2.45, 2.75) is 18.9 Å². The highest BCUT2D eigenvalue weighted by molar-refractivity contribution is 6.06. The molecule has 0 aliphatic carbocycles. The number of carbonyl (C=O) groups is 3. The number of rotatable bonds is 4. The van der Waals surface area contributed by atoms with Crippen molar-refractivity contribution in [3.05, 3.63) is 0 Å². The van der Waals surface area contributed by atoms with Crippen LogP contribution in [0.4, 0.5) is 0 Å². The number of amides is 1. The molecule has 0 fully saturated rings. The van der Waals surface area contributed by atoms with Crippen molar-refractivity contribution >= 4 is 17.8 Å². The molecule has 0 aromatic heterocycles. The van der Waals surface area contributed by atoms with Crippen molar-refractivity contribution < 1.29 is 24.6 Å². The molecule has 0 rings (SSSR count). The van der Waals surface area contributed by atoms with Crippen LogP contribution < -0.4 is 5.32 Å². The minimum absolute atomic E-state index is 0.614. The summed E-state index contributed by atoms with van der Waals surface area (Å²) in [5.74, 6) is -2.27. The lowest BCUT2D eigenvalue weighted by Crippen LogP contribution is -2.59. The van der Waals surface area contributed by atoms with Crippen LogP contribution in [-0.2, 0) is 14.4 Å². The van der Waals surface area contributed by atoms with Crippen LogP contribution in [0, 0.1) is 12.3 Å². The molecule has 1 amide bonds. The fraction of sp³-hybridized carbons (Fsp3) is 0.375. The Morgan fingerprint density at radius 1 is 1.36 bits per heavy atom. The van der Waals surface area contributed by atoms with Crippen LogP contribution in [0.25, 0.3) is 0 Å². The van der Waals surface area contributed by atoms with Crippen LogP contribution in [0.3, 0.4) is 0 Å². The number of terminal acetylenes is 1. The Balaban J connectivity index is 5.17. The summed E-state index contributed by atoms with van der Waals surface area (Å²) in [6.07, 6.45) is 4.22. The fourth-order valence-corrected chi connectivity index (χ4v) is 0.847. The molecule has 6 nitrogen and oxygen atoms in total. The smallest absolute Gasteiger partial charge is 0.342 e. The van der Waals surface area contributed by atoms with Crippen molar-refractivity contribution in [1.29, 1.82) is 0 Å². The van der Waals surface area contributed by atoms with E-state index in [1.807, 2.05) is 11.2 Å². The van der Waals surface area contributed by atoms with E-state index < -0.39 is 29.8 Å². The molecule has 0 atom stereocenters. The Kier molecular flexibility index (Phi) is 3.66. The Morgan fingerprint density at radius 3 is 2.00 bits per heavy atom. The normalized spacial score (nSPS) is 10.0. The first kappa shape index (κ1) is 12.0. The standard InChI is InChI=1S/C8H9NO5/c1-3-4-8(6(11)12,7(13)14)9-5(2)10/h1H,4H2,2H3,(H,9,10)(H,11,12)(H,13,14). The number of nitrogens with one attached hydrogen (secondary N) is 1. The Hall–Kier alpha value is -2.03. The summed E-state index contributed by atoms with van der Waals surface area (Å²) in [4.78, 5) is 32.0. The predicted octanol–water partition coefficient (Wildman–Crippen LogP) is -0.946. The lowest BCUT2D eigenvalue weighted by atomic mass is 9.96. The fourth-order valence-electron chi connectivity index (χ4n) is 0.847. The molecule has 0 aliphatic rings. The molecule has 3 N–H and O–H groups in total. The van der Waals surface area contributed by atoms with Gasteiger partial charge in [0.1, 0.15) is 0 Å². The summed E-state index contributed by atoms with van der Waals surface area (Å²) in [6, 6.07) is 0. The van der Waals surface area contributed by atoms with Gasteiger partial charge in [-0.15, -0.1) is 12.3 Å². The molecule has 0 bridgehead atoms. The molecule has 0 saturated carbocycles. The van der Waals surface area contributed by atoms with E-state index in [-0.39, 0.29) is 0 Å². The average Bonchev–Trinajstić information content (AvgIpc) is 2.01. The van der Waals surface area contributed by atoms with E-state index in [1.54, 1.807) is 0 Å². The monoisotopic (exact) mass is 199 g/mol. The predicted molar refractivity (Wildman–Crippen MR) is 45.3 cm³/mol. The molecular formula is C8H9NO5. The molecule has 0 heterocycles. The highest BCUT2D eigenvalue weighted by Gasteiger charge is 2.47. The second kappa shape index (κ2) is 4.28. The van der Waals surface area contributed by atoms with Gasteiger partial charge in [0.05, 0.1) is 6.42 Å². The van der Waals surface area contributed by atoms with E-state index in [0.717, 1.165) is 6.92 Å². The van der Waals surface area contributed by atoms with E-state index in [0.29, 0.717) is 0 Å². The Morgan fingerprint density at radius 2 is 1.79 bits per heavy atom. The van der Waals surface area contributed by atoms with Gasteiger partial charge in [0.25, 0.3) is 0 Å². The van der Waals surface area contributed by atoms with Gasteiger partial charge < -0.3 is 15.5 Å². The van der Waals surface area contributed by atoms with Crippen LogP contribution in [0.2, 0.25) is 0 Å². The minimum Gasteiger partial charge on any atom is -0.479 e. The first-order valence-electron chi connectivity index (χ1n) is 3.56. The molecule has 14 heavy (non-hydrogen) atoms. The number of aliphatic carboxylic acids is 2. The van der Waals surface area contributed by atoms with Gasteiger partial charge in [-0.2, -0.15) is 0 Å². The second-order valence-electron chi connectivity index (χ2n) is 2.58. The van der Waals surface area contributed by atoms with Gasteiger partial charge in [0.2, 0.25) is 11.4 Å². The molecule has 0 aromatic rings. The van der Waals surface area contributed by atoms with Gasteiger partial charge in [-0.25, -0.2) is 9.59 Å². The highest BCUT2D eigenvalue weighted by Crippen LogP contribution is 2.10. The summed E-state index contributed by atoms with van der Waals surface area (Å²) in [7, 11) is 0. The number of carbonyl (C=O) groups excluding carboxylic acids is 1. The molecule has 0 saturated heterocycles. The minimum atomic E-state index is -2.43. The zero-order valence-electron chi connectivity index (χ0n) is 7.40. The third-order valence-electron chi connectivity index (χ3n) is 1.49. The maximum absolute atomic E-state index is 10.7. The van der Waals surface area contributed by atoms with E-state index >= 15 is 0 Å². The third kappa shape index (κ3) is 2.23.